The Morgan fingerprint density at radius 3 is 3.00 bits per heavy atom. The van der Waals surface area contributed by atoms with Crippen molar-refractivity contribution in [1.82, 2.24) is 4.98 Å². The van der Waals surface area contributed by atoms with Crippen molar-refractivity contribution < 1.29 is 14.3 Å². The van der Waals surface area contributed by atoms with Crippen molar-refractivity contribution in [1.29, 1.82) is 0 Å². The Bertz CT molecular complexity index is 1060. The monoisotopic (exact) mass is 458 g/mol. The van der Waals surface area contributed by atoms with Gasteiger partial charge in [-0.15, -0.1) is 0 Å². The average Bonchev–Trinajstić information content (AvgIpc) is 3.42. The molecule has 4 rings (SSSR count). The first-order valence-electron chi connectivity index (χ1n) is 10.8. The summed E-state index contributed by atoms with van der Waals surface area (Å²) in [7, 11) is 0. The van der Waals surface area contributed by atoms with Gasteiger partial charge >= 0.3 is 0 Å². The fraction of sp³-hybridized carbons (Fsp3) is 0.417. The Kier molecular flexibility index (Phi) is 7.10. The number of rotatable bonds is 8. The molecule has 1 atom stereocenters. The number of aromatic nitrogens is 1. The number of hydrogen-bond donors (Lipinski definition) is 0. The van der Waals surface area contributed by atoms with Crippen molar-refractivity contribution >= 4 is 44.2 Å². The molecule has 1 fully saturated rings. The Labute approximate surface area is 191 Å². The van der Waals surface area contributed by atoms with Crippen LogP contribution in [0.5, 0.6) is 5.75 Å². The number of anilines is 1. The normalized spacial score (nSPS) is 16.0. The van der Waals surface area contributed by atoms with Crippen LogP contribution in [-0.2, 0) is 4.74 Å². The van der Waals surface area contributed by atoms with Crippen molar-refractivity contribution in [3.05, 3.63) is 52.5 Å². The van der Waals surface area contributed by atoms with E-state index in [2.05, 4.69) is 6.92 Å². The van der Waals surface area contributed by atoms with E-state index in [-0.39, 0.29) is 12.0 Å². The molecule has 1 saturated heterocycles. The van der Waals surface area contributed by atoms with E-state index in [1.807, 2.05) is 43.3 Å². The predicted molar refractivity (Wildman–Crippen MR) is 127 cm³/mol. The van der Waals surface area contributed by atoms with Crippen LogP contribution < -0.4 is 9.64 Å². The zero-order valence-electron chi connectivity index (χ0n) is 17.9. The molecule has 0 aliphatic carbocycles. The molecule has 1 amide bonds. The molecule has 164 valence electrons. The highest BCUT2D eigenvalue weighted by atomic mass is 35.5. The van der Waals surface area contributed by atoms with Gasteiger partial charge in [-0.3, -0.25) is 9.69 Å². The topological polar surface area (TPSA) is 51.7 Å². The van der Waals surface area contributed by atoms with Crippen molar-refractivity contribution in [3.8, 4) is 5.75 Å². The number of nitrogens with zero attached hydrogens (tertiary/aromatic N) is 2. The van der Waals surface area contributed by atoms with E-state index in [0.29, 0.717) is 34.6 Å². The molecule has 1 aliphatic heterocycles. The van der Waals surface area contributed by atoms with Crippen LogP contribution in [0.1, 0.15) is 48.5 Å². The summed E-state index contributed by atoms with van der Waals surface area (Å²) in [6.07, 6.45) is 4.03. The minimum Gasteiger partial charge on any atom is -0.494 e. The van der Waals surface area contributed by atoms with Gasteiger partial charge in [0.25, 0.3) is 5.91 Å². The molecule has 0 radical (unpaired) electrons. The summed E-state index contributed by atoms with van der Waals surface area (Å²) in [5.41, 5.74) is 2.47. The van der Waals surface area contributed by atoms with Crippen LogP contribution in [0.15, 0.2) is 36.4 Å². The molecule has 1 aromatic heterocycles. The van der Waals surface area contributed by atoms with E-state index in [9.17, 15) is 4.79 Å². The maximum atomic E-state index is 13.6. The summed E-state index contributed by atoms with van der Waals surface area (Å²) in [6, 6.07) is 11.2. The van der Waals surface area contributed by atoms with Gasteiger partial charge in [0.15, 0.2) is 5.13 Å². The molecule has 2 aromatic carbocycles. The van der Waals surface area contributed by atoms with Crippen LogP contribution >= 0.6 is 22.9 Å². The van der Waals surface area contributed by atoms with E-state index < -0.39 is 0 Å². The fourth-order valence-electron chi connectivity index (χ4n) is 3.71. The highest BCUT2D eigenvalue weighted by Gasteiger charge is 2.27. The highest BCUT2D eigenvalue weighted by molar-refractivity contribution is 7.22. The van der Waals surface area contributed by atoms with Gasteiger partial charge in [0.2, 0.25) is 0 Å². The zero-order valence-corrected chi connectivity index (χ0v) is 19.5. The molecule has 0 bridgehead atoms. The predicted octanol–water partition coefficient (Wildman–Crippen LogP) is 6.26. The summed E-state index contributed by atoms with van der Waals surface area (Å²) >= 11 is 7.73. The van der Waals surface area contributed by atoms with Gasteiger partial charge in [0.05, 0.1) is 29.5 Å². The number of thiazole rings is 1. The number of hydrogen-bond acceptors (Lipinski definition) is 5. The van der Waals surface area contributed by atoms with Crippen LogP contribution in [0.2, 0.25) is 5.02 Å². The largest absolute Gasteiger partial charge is 0.494 e. The third kappa shape index (κ3) is 5.20. The van der Waals surface area contributed by atoms with Crippen LogP contribution in [-0.4, -0.2) is 36.8 Å². The number of amides is 1. The van der Waals surface area contributed by atoms with Gasteiger partial charge in [-0.1, -0.05) is 42.3 Å². The Balaban J connectivity index is 1.66. The lowest BCUT2D eigenvalue weighted by atomic mass is 10.1. The fourth-order valence-corrected chi connectivity index (χ4v) is 5.13. The average molecular weight is 459 g/mol. The molecule has 0 spiro atoms. The highest BCUT2D eigenvalue weighted by Crippen LogP contribution is 2.34. The maximum Gasteiger partial charge on any atom is 0.260 e. The Hall–Kier alpha value is -2.15. The first kappa shape index (κ1) is 22.1. The van der Waals surface area contributed by atoms with Gasteiger partial charge in [-0.25, -0.2) is 4.98 Å². The lowest BCUT2D eigenvalue weighted by Crippen LogP contribution is -2.37. The van der Waals surface area contributed by atoms with Gasteiger partial charge in [-0.2, -0.15) is 0 Å². The zero-order chi connectivity index (χ0) is 21.8. The van der Waals surface area contributed by atoms with Crippen LogP contribution in [0.3, 0.4) is 0 Å². The number of ether oxygens (including phenoxy) is 2. The molecular formula is C24H27ClN2O3S. The van der Waals surface area contributed by atoms with Gasteiger partial charge < -0.3 is 9.47 Å². The lowest BCUT2D eigenvalue weighted by molar-refractivity contribution is 0.0917. The van der Waals surface area contributed by atoms with Gasteiger partial charge in [0.1, 0.15) is 5.75 Å². The first-order chi connectivity index (χ1) is 15.0. The summed E-state index contributed by atoms with van der Waals surface area (Å²) in [5, 5.41) is 1.34. The molecule has 7 heteroatoms. The van der Waals surface area contributed by atoms with Crippen LogP contribution in [0, 0.1) is 6.92 Å². The Morgan fingerprint density at radius 1 is 1.35 bits per heavy atom. The standard InChI is InChI=1S/C24H27ClN2O3S/c1-3-4-10-29-19-8-5-7-17(13-19)23(28)27(15-20-9-6-11-30-20)24-26-22-16(2)12-18(25)14-21(22)31-24/h5,7-8,12-14,20H,3-4,6,9-11,15H2,1-2H3. The minimum absolute atomic E-state index is 0.0182. The summed E-state index contributed by atoms with van der Waals surface area (Å²) < 4.78 is 12.6. The third-order valence-corrected chi connectivity index (χ3v) is 6.62. The summed E-state index contributed by atoms with van der Waals surface area (Å²) in [5.74, 6) is 0.613. The van der Waals surface area contributed by atoms with E-state index in [0.717, 1.165) is 48.1 Å². The molecule has 0 saturated carbocycles. The maximum absolute atomic E-state index is 13.6. The van der Waals surface area contributed by atoms with Crippen molar-refractivity contribution in [2.45, 2.75) is 45.6 Å². The number of benzene rings is 2. The number of fused-ring (bicyclic) bond motifs is 1. The number of carbonyl (C=O) groups excluding carboxylic acids is 1. The second kappa shape index (κ2) is 9.98. The van der Waals surface area contributed by atoms with E-state index in [1.54, 1.807) is 4.90 Å². The molecule has 31 heavy (non-hydrogen) atoms. The quantitative estimate of drug-likeness (QED) is 0.373. The SMILES string of the molecule is CCCCOc1cccc(C(=O)N(CC2CCCO2)c2nc3c(C)cc(Cl)cc3s2)c1. The van der Waals surface area contributed by atoms with Crippen molar-refractivity contribution in [2.24, 2.45) is 0 Å². The molecule has 1 unspecified atom stereocenters. The molecular weight excluding hydrogens is 432 g/mol. The molecule has 3 aromatic rings. The van der Waals surface area contributed by atoms with Crippen LogP contribution in [0.4, 0.5) is 5.13 Å². The first-order valence-corrected chi connectivity index (χ1v) is 12.0. The molecule has 0 N–H and O–H groups in total. The van der Waals surface area contributed by atoms with Gasteiger partial charge in [0, 0.05) is 17.2 Å². The van der Waals surface area contributed by atoms with E-state index >= 15 is 0 Å². The molecule has 1 aliphatic rings. The van der Waals surface area contributed by atoms with Crippen LogP contribution in [0.25, 0.3) is 10.2 Å². The van der Waals surface area contributed by atoms with Crippen molar-refractivity contribution in [3.63, 3.8) is 0 Å². The van der Waals surface area contributed by atoms with E-state index in [4.69, 9.17) is 26.1 Å². The Morgan fingerprint density at radius 2 is 2.23 bits per heavy atom. The van der Waals surface area contributed by atoms with Crippen molar-refractivity contribution in [2.75, 3.05) is 24.7 Å². The number of halogens is 1. The second-order valence-electron chi connectivity index (χ2n) is 7.85. The van der Waals surface area contributed by atoms with E-state index in [1.165, 1.54) is 11.3 Å². The second-order valence-corrected chi connectivity index (χ2v) is 9.29. The number of aryl methyl sites for hydroxylation is 1. The summed E-state index contributed by atoms with van der Waals surface area (Å²) in [4.78, 5) is 20.2. The number of carbonyl (C=O) groups is 1. The number of unbranched alkanes of at least 4 members (excludes halogenated alkanes) is 1. The molecule has 2 heterocycles. The smallest absolute Gasteiger partial charge is 0.260 e. The minimum atomic E-state index is -0.0979. The summed E-state index contributed by atoms with van der Waals surface area (Å²) in [6.45, 7) is 5.97. The lowest BCUT2D eigenvalue weighted by Gasteiger charge is -2.23. The van der Waals surface area contributed by atoms with Gasteiger partial charge in [-0.05, 0) is 62.1 Å². The molecule has 5 nitrogen and oxygen atoms in total. The third-order valence-electron chi connectivity index (χ3n) is 5.37.